The van der Waals surface area contributed by atoms with Crippen molar-refractivity contribution < 1.29 is 63.0 Å². The maximum atomic E-state index is 13.3. The van der Waals surface area contributed by atoms with Crippen molar-refractivity contribution in [3.8, 4) is 28.7 Å². The van der Waals surface area contributed by atoms with Gasteiger partial charge in [0.05, 0.1) is 25.7 Å². The number of aryl methyl sites for hydroxylation is 1. The molecule has 0 spiro atoms. The third-order valence-electron chi connectivity index (χ3n) is 15.4. The molecule has 3 N–H and O–H groups in total. The highest BCUT2D eigenvalue weighted by molar-refractivity contribution is 6.02. The molecule has 2 unspecified atom stereocenters. The number of rotatable bonds is 23. The van der Waals surface area contributed by atoms with E-state index in [1.165, 1.54) is 23.8 Å². The molecule has 2 aliphatic rings. The summed E-state index contributed by atoms with van der Waals surface area (Å²) < 4.78 is 21.7. The zero-order valence-corrected chi connectivity index (χ0v) is 55.3. The Bertz CT molecular complexity index is 3720. The number of hydrogen-bond donors (Lipinski definition) is 3. The number of phenolic OH excluding ortho intramolecular Hbond substituents is 3. The van der Waals surface area contributed by atoms with Crippen molar-refractivity contribution >= 4 is 59.7 Å². The van der Waals surface area contributed by atoms with E-state index in [9.17, 15) is 44.1 Å². The second kappa shape index (κ2) is 34.9. The summed E-state index contributed by atoms with van der Waals surface area (Å²) in [7, 11) is 0. The first-order chi connectivity index (χ1) is 43.5. The van der Waals surface area contributed by atoms with Crippen LogP contribution in [0.1, 0.15) is 149 Å². The van der Waals surface area contributed by atoms with Crippen molar-refractivity contribution in [2.75, 3.05) is 0 Å². The van der Waals surface area contributed by atoms with E-state index in [0.29, 0.717) is 41.1 Å². The van der Waals surface area contributed by atoms with Crippen molar-refractivity contribution in [2.45, 2.75) is 141 Å². The summed E-state index contributed by atoms with van der Waals surface area (Å²) in [4.78, 5) is 75.5. The highest BCUT2D eigenvalue weighted by Crippen LogP contribution is 2.42. The molecule has 0 heterocycles. The predicted molar refractivity (Wildman–Crippen MR) is 367 cm³/mol. The number of ether oxygens (including phenoxy) is 4. The van der Waals surface area contributed by atoms with Gasteiger partial charge in [-0.1, -0.05) is 195 Å². The number of phenols is 3. The van der Waals surface area contributed by atoms with E-state index < -0.39 is 41.5 Å². The average molecular weight is 1250 g/mol. The highest BCUT2D eigenvalue weighted by atomic mass is 16.6. The summed E-state index contributed by atoms with van der Waals surface area (Å²) in [6.07, 6.45) is 34.0. The Hall–Kier alpha value is -9.88. The van der Waals surface area contributed by atoms with Gasteiger partial charge < -0.3 is 34.3 Å². The molecule has 0 aromatic heterocycles. The number of hydrogen-bond acceptors (Lipinski definition) is 13. The molecule has 0 aliphatic heterocycles. The largest absolute Gasteiger partial charge is 0.508 e. The van der Waals surface area contributed by atoms with Gasteiger partial charge in [-0.15, -0.1) is 0 Å². The third-order valence-corrected chi connectivity index (χ3v) is 15.4. The molecular formula is C79H88O13. The Balaban J connectivity index is 0.000000374. The Morgan fingerprint density at radius 2 is 0.837 bits per heavy atom. The Morgan fingerprint density at radius 1 is 0.457 bits per heavy atom. The number of carbonyl (C=O) groups excluding carboxylic acids is 6. The second-order valence-electron chi connectivity index (χ2n) is 24.4. The number of allylic oxidation sites excluding steroid dienone is 20. The van der Waals surface area contributed by atoms with Gasteiger partial charge in [-0.05, 0) is 166 Å². The fourth-order valence-electron chi connectivity index (χ4n) is 10.0. The molecule has 6 rings (SSSR count). The van der Waals surface area contributed by atoms with Crippen LogP contribution in [0, 0.1) is 17.8 Å². The van der Waals surface area contributed by atoms with E-state index >= 15 is 0 Å². The van der Waals surface area contributed by atoms with Crippen LogP contribution in [0.15, 0.2) is 215 Å². The summed E-state index contributed by atoms with van der Waals surface area (Å²) in [6, 6.07) is 23.3. The lowest BCUT2D eigenvalue weighted by Crippen LogP contribution is -2.39. The maximum Gasteiger partial charge on any atom is 0.311 e. The van der Waals surface area contributed by atoms with E-state index in [2.05, 4.69) is 44.2 Å². The van der Waals surface area contributed by atoms with E-state index in [4.69, 9.17) is 18.9 Å². The fraction of sp³-hybridized carbons (Fsp3) is 0.291. The lowest BCUT2D eigenvalue weighted by atomic mass is 9.71. The minimum atomic E-state index is -0.932. The minimum absolute atomic E-state index is 0.0426. The molecule has 92 heavy (non-hydrogen) atoms. The molecule has 0 bridgehead atoms. The van der Waals surface area contributed by atoms with E-state index in [1.807, 2.05) is 135 Å². The number of benzene rings is 4. The van der Waals surface area contributed by atoms with Gasteiger partial charge in [0.25, 0.3) is 0 Å². The van der Waals surface area contributed by atoms with Crippen LogP contribution in [-0.2, 0) is 38.2 Å². The van der Waals surface area contributed by atoms with Gasteiger partial charge in [0.15, 0.2) is 23.8 Å². The summed E-state index contributed by atoms with van der Waals surface area (Å²) in [5.41, 5.74) is 11.1. The van der Waals surface area contributed by atoms with Crippen LogP contribution in [-0.4, -0.2) is 63.0 Å². The van der Waals surface area contributed by atoms with Crippen LogP contribution in [0.2, 0.25) is 0 Å². The topological polar surface area (TPSA) is 200 Å². The van der Waals surface area contributed by atoms with Gasteiger partial charge in [0.2, 0.25) is 0 Å². The van der Waals surface area contributed by atoms with Crippen LogP contribution < -0.4 is 9.47 Å². The van der Waals surface area contributed by atoms with Gasteiger partial charge in [0.1, 0.15) is 28.7 Å². The molecule has 2 atom stereocenters. The first-order valence-electron chi connectivity index (χ1n) is 30.7. The third kappa shape index (κ3) is 24.5. The lowest BCUT2D eigenvalue weighted by Gasteiger charge is -2.36. The Morgan fingerprint density at radius 3 is 1.29 bits per heavy atom. The zero-order chi connectivity index (χ0) is 67.7. The van der Waals surface area contributed by atoms with E-state index in [0.717, 1.165) is 50.1 Å². The second-order valence-corrected chi connectivity index (χ2v) is 24.4. The van der Waals surface area contributed by atoms with Gasteiger partial charge in [-0.25, -0.2) is 0 Å². The number of ketones is 2. The molecule has 0 saturated carbocycles. The summed E-state index contributed by atoms with van der Waals surface area (Å²) in [5.74, 6) is -1.99. The standard InChI is InChI=1S/C50H56O7.C29H32O6/c1-9-14-35(2)17-12-18-36(3)15-10-11-16-37(4)19-13-20-38(5)21-28-45-39(6)49(55)46(34-50(45,7)8)57-48(54)30-29-47(53)56-44-26-24-40(25-27-44)22-23-41-31-42(51)33-43(52)32-41;1-18-14-22(16-23(30)15-18)7-6-21-8-10-24(11-9-21)34-26(31)12-13-27(32)35-25-17-29(4,5)20(3)19(2)28(25)33/h9-28,31-33,46,51-52H,29-30,34H2,1-8H3;6-11,14-16,25,30H,12-13,17H2,1-5H3/b11-10+,14-9+,18-12+,19-13+,23-22+,28-21+,35-17+,36-15+,37-16+,38-20+;7-6+. The van der Waals surface area contributed by atoms with Gasteiger partial charge in [0, 0.05) is 18.9 Å². The average Bonchev–Trinajstić information content (AvgIpc) is 0.811. The van der Waals surface area contributed by atoms with Crippen molar-refractivity contribution in [1.82, 2.24) is 0 Å². The number of carbonyl (C=O) groups is 6. The maximum absolute atomic E-state index is 13.3. The van der Waals surface area contributed by atoms with Crippen molar-refractivity contribution in [1.29, 1.82) is 0 Å². The smallest absolute Gasteiger partial charge is 0.311 e. The molecule has 0 radical (unpaired) electrons. The molecule has 13 heteroatoms. The normalized spacial score (nSPS) is 17.4. The first kappa shape index (κ1) is 72.9. The number of esters is 4. The lowest BCUT2D eigenvalue weighted by molar-refractivity contribution is -0.157. The van der Waals surface area contributed by atoms with Crippen LogP contribution in [0.4, 0.5) is 0 Å². The monoisotopic (exact) mass is 1240 g/mol. The Kier molecular flexibility index (Phi) is 27.7. The SMILES string of the molecule is C/C=C/C(C)=C/C=C/C(C)=C/C=C/C=C(C)/C=C/C=C(C)/C=C/C1=C(C)C(=O)C(OC(=O)CCC(=O)Oc2ccc(/C=C/c3cc(O)cc(O)c3)cc2)CC1(C)C.CC1=C(C)C(C)(C)CC(OC(=O)CCC(=O)Oc2ccc(/C=C/c3cc(C)cc(O)c3)cc2)C1=O. The molecule has 13 nitrogen and oxygen atoms in total. The quantitative estimate of drug-likeness (QED) is 0.0274. The summed E-state index contributed by atoms with van der Waals surface area (Å²) >= 11 is 0. The number of aromatic hydroxyl groups is 3. The Labute approximate surface area is 543 Å². The van der Waals surface area contributed by atoms with Gasteiger partial charge in [-0.2, -0.15) is 0 Å². The number of Topliss-reactive ketones (excluding diaryl/α,β-unsaturated/α-hetero) is 2. The van der Waals surface area contributed by atoms with E-state index in [1.54, 1.807) is 86.7 Å². The minimum Gasteiger partial charge on any atom is -0.508 e. The van der Waals surface area contributed by atoms with Gasteiger partial charge >= 0.3 is 23.9 Å². The molecule has 0 saturated heterocycles. The van der Waals surface area contributed by atoms with Crippen molar-refractivity contribution in [3.05, 3.63) is 242 Å². The molecule has 4 aromatic carbocycles. The fourth-order valence-corrected chi connectivity index (χ4v) is 10.0. The molecular weight excluding hydrogens is 1160 g/mol. The van der Waals surface area contributed by atoms with Crippen LogP contribution in [0.25, 0.3) is 24.3 Å². The molecule has 0 fully saturated rings. The van der Waals surface area contributed by atoms with Crippen LogP contribution >= 0.6 is 0 Å². The molecule has 482 valence electrons. The van der Waals surface area contributed by atoms with Crippen LogP contribution in [0.3, 0.4) is 0 Å². The molecule has 4 aromatic rings. The predicted octanol–water partition coefficient (Wildman–Crippen LogP) is 17.6. The van der Waals surface area contributed by atoms with Crippen molar-refractivity contribution in [2.24, 2.45) is 10.8 Å². The van der Waals surface area contributed by atoms with E-state index in [-0.39, 0.29) is 59.9 Å². The summed E-state index contributed by atoms with van der Waals surface area (Å²) in [5, 5.41) is 29.0. The summed E-state index contributed by atoms with van der Waals surface area (Å²) in [6.45, 7) is 25.6. The zero-order valence-electron chi connectivity index (χ0n) is 55.3. The highest BCUT2D eigenvalue weighted by Gasteiger charge is 2.41. The van der Waals surface area contributed by atoms with Gasteiger partial charge in [-0.3, -0.25) is 28.8 Å². The molecule has 0 amide bonds. The van der Waals surface area contributed by atoms with Crippen LogP contribution in [0.5, 0.6) is 28.7 Å². The molecule has 2 aliphatic carbocycles. The first-order valence-corrected chi connectivity index (χ1v) is 30.7. The van der Waals surface area contributed by atoms with Crippen molar-refractivity contribution in [3.63, 3.8) is 0 Å².